The lowest BCUT2D eigenvalue weighted by atomic mass is 10.1. The van der Waals surface area contributed by atoms with Crippen LogP contribution in [0.3, 0.4) is 0 Å². The lowest BCUT2D eigenvalue weighted by Gasteiger charge is -2.18. The van der Waals surface area contributed by atoms with Gasteiger partial charge in [-0.15, -0.1) is 0 Å². The zero-order valence-electron chi connectivity index (χ0n) is 13.2. The van der Waals surface area contributed by atoms with Gasteiger partial charge in [-0.3, -0.25) is 4.79 Å². The molecule has 24 heavy (non-hydrogen) atoms. The van der Waals surface area contributed by atoms with Crippen LogP contribution in [0.25, 0.3) is 0 Å². The molecule has 1 aliphatic rings. The first-order valence-corrected chi connectivity index (χ1v) is 8.39. The molecule has 0 bridgehead atoms. The molecule has 1 aliphatic heterocycles. The van der Waals surface area contributed by atoms with Crippen LogP contribution in [0.1, 0.15) is 18.1 Å². The summed E-state index contributed by atoms with van der Waals surface area (Å²) in [6.45, 7) is 2.94. The van der Waals surface area contributed by atoms with E-state index < -0.39 is 0 Å². The van der Waals surface area contributed by atoms with E-state index >= 15 is 0 Å². The van der Waals surface area contributed by atoms with Crippen molar-refractivity contribution in [3.8, 4) is 11.5 Å². The highest BCUT2D eigenvalue weighted by atomic mass is 79.9. The van der Waals surface area contributed by atoms with Crippen molar-refractivity contribution in [2.24, 2.45) is 5.10 Å². The van der Waals surface area contributed by atoms with Crippen molar-refractivity contribution < 1.29 is 14.3 Å². The molecule has 6 heteroatoms. The van der Waals surface area contributed by atoms with E-state index in [1.54, 1.807) is 0 Å². The lowest BCUT2D eigenvalue weighted by molar-refractivity contribution is -0.120. The van der Waals surface area contributed by atoms with E-state index in [1.165, 1.54) is 0 Å². The van der Waals surface area contributed by atoms with E-state index in [0.29, 0.717) is 24.7 Å². The van der Waals surface area contributed by atoms with Crippen LogP contribution in [0.5, 0.6) is 11.5 Å². The van der Waals surface area contributed by atoms with Gasteiger partial charge < -0.3 is 9.47 Å². The first kappa shape index (κ1) is 16.5. The molecule has 124 valence electrons. The Hall–Kier alpha value is -2.34. The number of benzene rings is 2. The Morgan fingerprint density at radius 1 is 1.12 bits per heavy atom. The van der Waals surface area contributed by atoms with Crippen molar-refractivity contribution in [2.45, 2.75) is 13.3 Å². The van der Waals surface area contributed by atoms with Crippen molar-refractivity contribution in [1.29, 1.82) is 0 Å². The standard InChI is InChI=1S/C18H17BrN2O3/c1-12(14-4-7-16-17(11-14)24-9-8-23-16)20-21-18(22)10-13-2-5-15(19)6-3-13/h2-7,11H,8-10H2,1H3,(H,21,22)/b20-12-. The number of hydrogen-bond donors (Lipinski definition) is 1. The van der Waals surface area contributed by atoms with Crippen LogP contribution >= 0.6 is 15.9 Å². The molecule has 0 unspecified atom stereocenters. The molecular weight excluding hydrogens is 372 g/mol. The number of halogens is 1. The number of rotatable bonds is 4. The topological polar surface area (TPSA) is 59.9 Å². The largest absolute Gasteiger partial charge is 0.486 e. The highest BCUT2D eigenvalue weighted by Gasteiger charge is 2.12. The normalized spacial score (nSPS) is 13.5. The zero-order valence-corrected chi connectivity index (χ0v) is 14.8. The van der Waals surface area contributed by atoms with Crippen molar-refractivity contribution in [2.75, 3.05) is 13.2 Å². The molecule has 5 nitrogen and oxygen atoms in total. The first-order chi connectivity index (χ1) is 11.6. The molecule has 1 heterocycles. The summed E-state index contributed by atoms with van der Waals surface area (Å²) in [6, 6.07) is 13.2. The monoisotopic (exact) mass is 388 g/mol. The van der Waals surface area contributed by atoms with Gasteiger partial charge in [0.25, 0.3) is 0 Å². The summed E-state index contributed by atoms with van der Waals surface area (Å²) in [5.74, 6) is 1.28. The average molecular weight is 389 g/mol. The quantitative estimate of drug-likeness (QED) is 0.645. The van der Waals surface area contributed by atoms with E-state index in [2.05, 4.69) is 26.5 Å². The van der Waals surface area contributed by atoms with Gasteiger partial charge in [-0.1, -0.05) is 28.1 Å². The van der Waals surface area contributed by atoms with Crippen molar-refractivity contribution >= 4 is 27.5 Å². The van der Waals surface area contributed by atoms with Gasteiger partial charge in [0, 0.05) is 10.0 Å². The van der Waals surface area contributed by atoms with Gasteiger partial charge in [0.05, 0.1) is 12.1 Å². The second-order valence-electron chi connectivity index (χ2n) is 5.39. The molecule has 0 aromatic heterocycles. The Balaban J connectivity index is 1.63. The summed E-state index contributed by atoms with van der Waals surface area (Å²) in [5.41, 5.74) is 5.11. The lowest BCUT2D eigenvalue weighted by Crippen LogP contribution is -2.21. The Morgan fingerprint density at radius 2 is 1.83 bits per heavy atom. The number of amides is 1. The Bertz CT molecular complexity index is 772. The van der Waals surface area contributed by atoms with Gasteiger partial charge in [-0.25, -0.2) is 5.43 Å². The van der Waals surface area contributed by atoms with Crippen LogP contribution in [-0.4, -0.2) is 24.8 Å². The first-order valence-electron chi connectivity index (χ1n) is 7.59. The van der Waals surface area contributed by atoms with E-state index in [9.17, 15) is 4.79 Å². The summed E-state index contributed by atoms with van der Waals surface area (Å²) in [4.78, 5) is 12.0. The number of ether oxygens (including phenoxy) is 2. The maximum Gasteiger partial charge on any atom is 0.244 e. The number of nitrogens with zero attached hydrogens (tertiary/aromatic N) is 1. The SMILES string of the molecule is C/C(=N/NC(=O)Cc1ccc(Br)cc1)c1ccc2c(c1)OCCO2. The third-order valence-electron chi connectivity index (χ3n) is 3.59. The zero-order chi connectivity index (χ0) is 16.9. The maximum atomic E-state index is 12.0. The molecule has 0 fully saturated rings. The molecule has 3 rings (SSSR count). The van der Waals surface area contributed by atoms with Crippen LogP contribution in [0.15, 0.2) is 52.0 Å². The van der Waals surface area contributed by atoms with Crippen molar-refractivity contribution in [3.63, 3.8) is 0 Å². The minimum absolute atomic E-state index is 0.158. The third-order valence-corrected chi connectivity index (χ3v) is 4.11. The van der Waals surface area contributed by atoms with E-state index in [4.69, 9.17) is 9.47 Å². The molecule has 0 saturated heterocycles. The molecule has 1 amide bonds. The number of fused-ring (bicyclic) bond motifs is 1. The molecule has 1 N–H and O–H groups in total. The highest BCUT2D eigenvalue weighted by Crippen LogP contribution is 2.30. The van der Waals surface area contributed by atoms with Gasteiger partial charge in [-0.2, -0.15) is 5.10 Å². The molecule has 0 aliphatic carbocycles. The van der Waals surface area contributed by atoms with Gasteiger partial charge >= 0.3 is 0 Å². The fourth-order valence-electron chi connectivity index (χ4n) is 2.31. The summed E-state index contributed by atoms with van der Waals surface area (Å²) < 4.78 is 12.0. The number of carbonyl (C=O) groups is 1. The van der Waals surface area contributed by atoms with Crippen LogP contribution in [0.4, 0.5) is 0 Å². The predicted molar refractivity (Wildman–Crippen MR) is 95.6 cm³/mol. The Morgan fingerprint density at radius 3 is 2.58 bits per heavy atom. The van der Waals surface area contributed by atoms with Crippen LogP contribution in [0, 0.1) is 0 Å². The third kappa shape index (κ3) is 4.14. The highest BCUT2D eigenvalue weighted by molar-refractivity contribution is 9.10. The molecule has 2 aromatic rings. The number of carbonyl (C=O) groups excluding carboxylic acids is 1. The average Bonchev–Trinajstić information content (AvgIpc) is 2.61. The van der Waals surface area contributed by atoms with Gasteiger partial charge in [-0.05, 0) is 42.8 Å². The maximum absolute atomic E-state index is 12.0. The van der Waals surface area contributed by atoms with Gasteiger partial charge in [0.15, 0.2) is 11.5 Å². The van der Waals surface area contributed by atoms with E-state index in [1.807, 2.05) is 49.4 Å². The van der Waals surface area contributed by atoms with Crippen LogP contribution < -0.4 is 14.9 Å². The molecule has 0 radical (unpaired) electrons. The Labute approximate surface area is 148 Å². The molecule has 2 aromatic carbocycles. The van der Waals surface area contributed by atoms with Gasteiger partial charge in [0.2, 0.25) is 5.91 Å². The summed E-state index contributed by atoms with van der Waals surface area (Å²) in [5, 5.41) is 4.17. The summed E-state index contributed by atoms with van der Waals surface area (Å²) in [7, 11) is 0. The molecule has 0 atom stereocenters. The van der Waals surface area contributed by atoms with E-state index in [0.717, 1.165) is 21.3 Å². The predicted octanol–water partition coefficient (Wildman–Crippen LogP) is 3.30. The van der Waals surface area contributed by atoms with E-state index in [-0.39, 0.29) is 12.3 Å². The van der Waals surface area contributed by atoms with Gasteiger partial charge in [0.1, 0.15) is 13.2 Å². The summed E-state index contributed by atoms with van der Waals surface area (Å²) >= 11 is 3.37. The van der Waals surface area contributed by atoms with Crippen LogP contribution in [0.2, 0.25) is 0 Å². The van der Waals surface area contributed by atoms with Crippen molar-refractivity contribution in [3.05, 3.63) is 58.1 Å². The number of nitrogens with one attached hydrogen (secondary N) is 1. The smallest absolute Gasteiger partial charge is 0.244 e. The minimum atomic E-state index is -0.158. The van der Waals surface area contributed by atoms with Crippen LogP contribution in [-0.2, 0) is 11.2 Å². The minimum Gasteiger partial charge on any atom is -0.486 e. The molecule has 0 spiro atoms. The summed E-state index contributed by atoms with van der Waals surface area (Å²) in [6.07, 6.45) is 0.283. The number of hydrogen-bond acceptors (Lipinski definition) is 4. The molecule has 0 saturated carbocycles. The Kier molecular flexibility index (Phi) is 5.15. The molecular formula is C18H17BrN2O3. The second kappa shape index (κ2) is 7.49. The second-order valence-corrected chi connectivity index (χ2v) is 6.31. The fourth-order valence-corrected chi connectivity index (χ4v) is 2.57. The number of hydrazone groups is 1. The fraction of sp³-hybridized carbons (Fsp3) is 0.222. The van der Waals surface area contributed by atoms with Crippen molar-refractivity contribution in [1.82, 2.24) is 5.43 Å².